The zero-order chi connectivity index (χ0) is 16.5. The summed E-state index contributed by atoms with van der Waals surface area (Å²) >= 11 is 0. The number of benzene rings is 1. The van der Waals surface area contributed by atoms with Gasteiger partial charge in [0.25, 0.3) is 0 Å². The Labute approximate surface area is 125 Å². The number of alkyl halides is 3. The number of methoxy groups -OCH3 is 1. The van der Waals surface area contributed by atoms with Crippen molar-refractivity contribution in [3.63, 3.8) is 0 Å². The first kappa shape index (κ1) is 16.1. The van der Waals surface area contributed by atoms with Crippen LogP contribution in [0.5, 0.6) is 0 Å². The van der Waals surface area contributed by atoms with Crippen molar-refractivity contribution >= 4 is 11.9 Å². The van der Waals surface area contributed by atoms with Crippen LogP contribution in [0.15, 0.2) is 35.5 Å². The predicted octanol–water partition coefficient (Wildman–Crippen LogP) is 2.76. The van der Waals surface area contributed by atoms with Crippen LogP contribution in [0.25, 0.3) is 0 Å². The molecule has 1 N–H and O–H groups in total. The van der Waals surface area contributed by atoms with Gasteiger partial charge in [-0.3, -0.25) is 4.79 Å². The number of nitrogens with one attached hydrogen (secondary N) is 1. The molecule has 0 aromatic heterocycles. The van der Waals surface area contributed by atoms with E-state index in [1.54, 1.807) is 0 Å². The van der Waals surface area contributed by atoms with Crippen molar-refractivity contribution in [3.8, 4) is 0 Å². The van der Waals surface area contributed by atoms with Crippen LogP contribution in [0.4, 0.5) is 13.2 Å². The lowest BCUT2D eigenvalue weighted by molar-refractivity contribution is -0.140. The highest BCUT2D eigenvalue weighted by Crippen LogP contribution is 2.40. The monoisotopic (exact) mass is 313 g/mol. The first-order chi connectivity index (χ1) is 10.3. The van der Waals surface area contributed by atoms with Gasteiger partial charge in [0.05, 0.1) is 18.2 Å². The average Bonchev–Trinajstić information content (AvgIpc) is 2.45. The minimum Gasteiger partial charge on any atom is -0.466 e. The third-order valence-electron chi connectivity index (χ3n) is 3.52. The highest BCUT2D eigenvalue weighted by Gasteiger charge is 2.39. The van der Waals surface area contributed by atoms with Gasteiger partial charge in [-0.1, -0.05) is 18.2 Å². The van der Waals surface area contributed by atoms with Crippen LogP contribution in [0, 0.1) is 0 Å². The third kappa shape index (κ3) is 2.98. The van der Waals surface area contributed by atoms with E-state index in [-0.39, 0.29) is 23.3 Å². The van der Waals surface area contributed by atoms with Crippen molar-refractivity contribution in [2.24, 2.45) is 0 Å². The molecule has 1 aliphatic rings. The van der Waals surface area contributed by atoms with Crippen molar-refractivity contribution in [1.29, 1.82) is 0 Å². The molecule has 2 rings (SSSR count). The van der Waals surface area contributed by atoms with E-state index < -0.39 is 29.5 Å². The minimum atomic E-state index is -4.57. The summed E-state index contributed by atoms with van der Waals surface area (Å²) in [5, 5.41) is 2.46. The van der Waals surface area contributed by atoms with E-state index in [1.807, 2.05) is 0 Å². The first-order valence-corrected chi connectivity index (χ1v) is 6.50. The van der Waals surface area contributed by atoms with Crippen LogP contribution < -0.4 is 5.32 Å². The SMILES string of the molecule is COC(=O)C1=C(C)NC(=O)CC1c1ccccc1C(F)(F)F. The molecule has 0 aliphatic carbocycles. The number of allylic oxidation sites excluding steroid dienone is 1. The highest BCUT2D eigenvalue weighted by molar-refractivity contribution is 5.95. The Morgan fingerprint density at radius 2 is 1.95 bits per heavy atom. The number of carbonyl (C=O) groups is 2. The second-order valence-electron chi connectivity index (χ2n) is 4.92. The normalized spacial score (nSPS) is 19.0. The standard InChI is InChI=1S/C15H14F3NO3/c1-8-13(14(21)22-2)10(7-12(20)19-8)9-5-3-4-6-11(9)15(16,17)18/h3-6,10H,7H2,1-2H3,(H,19,20). The summed E-state index contributed by atoms with van der Waals surface area (Å²) < 4.78 is 44.2. The number of amides is 1. The second kappa shape index (κ2) is 5.82. The average molecular weight is 313 g/mol. The van der Waals surface area contributed by atoms with E-state index in [4.69, 9.17) is 0 Å². The summed E-state index contributed by atoms with van der Waals surface area (Å²) in [6, 6.07) is 4.93. The van der Waals surface area contributed by atoms with Crippen LogP contribution in [-0.2, 0) is 20.5 Å². The Hall–Kier alpha value is -2.31. The van der Waals surface area contributed by atoms with E-state index in [2.05, 4.69) is 10.1 Å². The fourth-order valence-corrected chi connectivity index (χ4v) is 2.61. The van der Waals surface area contributed by atoms with Gasteiger partial charge < -0.3 is 10.1 Å². The molecule has 1 atom stereocenters. The first-order valence-electron chi connectivity index (χ1n) is 6.50. The quantitative estimate of drug-likeness (QED) is 0.854. The summed E-state index contributed by atoms with van der Waals surface area (Å²) in [5.74, 6) is -2.18. The molecule has 1 aromatic rings. The maximum atomic E-state index is 13.2. The molecular weight excluding hydrogens is 299 g/mol. The number of rotatable bonds is 2. The molecule has 0 fully saturated rings. The zero-order valence-corrected chi connectivity index (χ0v) is 12.0. The van der Waals surface area contributed by atoms with Gasteiger partial charge in [-0.2, -0.15) is 13.2 Å². The van der Waals surface area contributed by atoms with E-state index in [9.17, 15) is 22.8 Å². The number of hydrogen-bond donors (Lipinski definition) is 1. The maximum Gasteiger partial charge on any atom is 0.416 e. The highest BCUT2D eigenvalue weighted by atomic mass is 19.4. The Kier molecular flexibility index (Phi) is 4.25. The van der Waals surface area contributed by atoms with Gasteiger partial charge in [-0.25, -0.2) is 4.79 Å². The molecular formula is C15H14F3NO3. The zero-order valence-electron chi connectivity index (χ0n) is 12.0. The predicted molar refractivity (Wildman–Crippen MR) is 71.7 cm³/mol. The summed E-state index contributed by atoms with van der Waals surface area (Å²) in [6.45, 7) is 1.46. The fraction of sp³-hybridized carbons (Fsp3) is 0.333. The lowest BCUT2D eigenvalue weighted by Gasteiger charge is -2.28. The van der Waals surface area contributed by atoms with Crippen molar-refractivity contribution in [2.75, 3.05) is 7.11 Å². The summed E-state index contributed by atoms with van der Waals surface area (Å²) in [5.41, 5.74) is -0.711. The Bertz CT molecular complexity index is 650. The summed E-state index contributed by atoms with van der Waals surface area (Å²) in [4.78, 5) is 23.6. The molecule has 0 saturated heterocycles. The van der Waals surface area contributed by atoms with Gasteiger partial charge in [-0.05, 0) is 18.6 Å². The maximum absolute atomic E-state index is 13.2. The third-order valence-corrected chi connectivity index (χ3v) is 3.52. The summed E-state index contributed by atoms with van der Waals surface area (Å²) in [7, 11) is 1.14. The molecule has 0 radical (unpaired) electrons. The van der Waals surface area contributed by atoms with Crippen molar-refractivity contribution in [1.82, 2.24) is 5.32 Å². The number of esters is 1. The van der Waals surface area contributed by atoms with E-state index >= 15 is 0 Å². The molecule has 1 amide bonds. The van der Waals surface area contributed by atoms with Crippen molar-refractivity contribution in [2.45, 2.75) is 25.4 Å². The Balaban J connectivity index is 2.62. The Morgan fingerprint density at radius 1 is 1.32 bits per heavy atom. The largest absolute Gasteiger partial charge is 0.466 e. The van der Waals surface area contributed by atoms with Crippen LogP contribution in [-0.4, -0.2) is 19.0 Å². The molecule has 0 spiro atoms. The topological polar surface area (TPSA) is 55.4 Å². The van der Waals surface area contributed by atoms with Crippen LogP contribution in [0.3, 0.4) is 0 Å². The lowest BCUT2D eigenvalue weighted by atomic mass is 9.82. The van der Waals surface area contributed by atoms with Gasteiger partial charge in [0.1, 0.15) is 0 Å². The van der Waals surface area contributed by atoms with Gasteiger partial charge >= 0.3 is 12.1 Å². The smallest absolute Gasteiger partial charge is 0.416 e. The summed E-state index contributed by atoms with van der Waals surface area (Å²) in [6.07, 6.45) is -4.81. The minimum absolute atomic E-state index is 0.0406. The fourth-order valence-electron chi connectivity index (χ4n) is 2.61. The molecule has 0 bridgehead atoms. The molecule has 1 unspecified atom stereocenters. The van der Waals surface area contributed by atoms with Gasteiger partial charge in [0, 0.05) is 18.0 Å². The molecule has 4 nitrogen and oxygen atoms in total. The number of carbonyl (C=O) groups excluding carboxylic acids is 2. The number of halogens is 3. The van der Waals surface area contributed by atoms with Crippen LogP contribution >= 0.6 is 0 Å². The number of ether oxygens (including phenoxy) is 1. The van der Waals surface area contributed by atoms with Crippen molar-refractivity contribution in [3.05, 3.63) is 46.7 Å². The van der Waals surface area contributed by atoms with E-state index in [1.165, 1.54) is 25.1 Å². The van der Waals surface area contributed by atoms with E-state index in [0.717, 1.165) is 13.2 Å². The van der Waals surface area contributed by atoms with Crippen molar-refractivity contribution < 1.29 is 27.5 Å². The molecule has 1 aromatic carbocycles. The molecule has 7 heteroatoms. The van der Waals surface area contributed by atoms with Gasteiger partial charge in [0.15, 0.2) is 0 Å². The molecule has 0 saturated carbocycles. The van der Waals surface area contributed by atoms with Gasteiger partial charge in [0.2, 0.25) is 5.91 Å². The van der Waals surface area contributed by atoms with E-state index in [0.29, 0.717) is 0 Å². The second-order valence-corrected chi connectivity index (χ2v) is 4.92. The van der Waals surface area contributed by atoms with Crippen LogP contribution in [0.2, 0.25) is 0 Å². The molecule has 1 heterocycles. The lowest BCUT2D eigenvalue weighted by Crippen LogP contribution is -2.34. The molecule has 118 valence electrons. The van der Waals surface area contributed by atoms with Crippen LogP contribution in [0.1, 0.15) is 30.4 Å². The molecule has 22 heavy (non-hydrogen) atoms. The van der Waals surface area contributed by atoms with Gasteiger partial charge in [-0.15, -0.1) is 0 Å². The Morgan fingerprint density at radius 3 is 2.55 bits per heavy atom. The number of hydrogen-bond acceptors (Lipinski definition) is 3. The molecule has 1 aliphatic heterocycles.